The number of nitrogens with one attached hydrogen (secondary N) is 1. The Morgan fingerprint density at radius 1 is 1.28 bits per heavy atom. The summed E-state index contributed by atoms with van der Waals surface area (Å²) in [5.41, 5.74) is 2.12. The van der Waals surface area contributed by atoms with Gasteiger partial charge in [-0.15, -0.1) is 0 Å². The van der Waals surface area contributed by atoms with Crippen LogP contribution in [0.4, 0.5) is 5.82 Å². The van der Waals surface area contributed by atoms with Crippen LogP contribution >= 0.6 is 0 Å². The topological polar surface area (TPSA) is 45.5 Å². The highest BCUT2D eigenvalue weighted by Crippen LogP contribution is 2.18. The van der Waals surface area contributed by atoms with Crippen molar-refractivity contribution in [1.82, 2.24) is 19.5 Å². The molecule has 3 rings (SSSR count). The maximum atomic E-state index is 4.27. The number of pyridine rings is 1. The van der Waals surface area contributed by atoms with Crippen molar-refractivity contribution in [3.8, 4) is 0 Å². The quantitative estimate of drug-likeness (QED) is 0.872. The van der Waals surface area contributed by atoms with Gasteiger partial charge in [0.25, 0.3) is 0 Å². The number of fused-ring (bicyclic) bond motifs is 1. The lowest BCUT2D eigenvalue weighted by Gasteiger charge is -2.30. The Morgan fingerprint density at radius 3 is 2.83 bits per heavy atom. The lowest BCUT2D eigenvalue weighted by molar-refractivity contribution is 0.263. The highest BCUT2D eigenvalue weighted by Gasteiger charge is 2.17. The Morgan fingerprint density at radius 2 is 2.06 bits per heavy atom. The average Bonchev–Trinajstić information content (AvgIpc) is 2.80. The minimum Gasteiger partial charge on any atom is -0.367 e. The zero-order valence-electron chi connectivity index (χ0n) is 10.9. The average molecular weight is 245 g/mol. The van der Waals surface area contributed by atoms with E-state index in [2.05, 4.69) is 40.3 Å². The monoisotopic (exact) mass is 245 g/mol. The number of rotatable bonds is 2. The Labute approximate surface area is 107 Å². The third kappa shape index (κ3) is 2.18. The van der Waals surface area contributed by atoms with E-state index in [0.29, 0.717) is 6.04 Å². The van der Waals surface area contributed by atoms with Gasteiger partial charge in [-0.1, -0.05) is 0 Å². The molecule has 1 aliphatic heterocycles. The number of likely N-dealkylation sites (tertiary alicyclic amines) is 1. The molecule has 1 aliphatic rings. The molecule has 2 aromatic heterocycles. The molecule has 2 aromatic rings. The third-order valence-corrected chi connectivity index (χ3v) is 3.59. The van der Waals surface area contributed by atoms with Crippen LogP contribution in [0.15, 0.2) is 18.5 Å². The Hall–Kier alpha value is -1.62. The number of nitrogens with zero attached hydrogens (tertiary/aromatic N) is 4. The molecular formula is C13H19N5. The summed E-state index contributed by atoms with van der Waals surface area (Å²) in [4.78, 5) is 6.62. The van der Waals surface area contributed by atoms with Crippen LogP contribution in [0.5, 0.6) is 0 Å². The summed E-state index contributed by atoms with van der Waals surface area (Å²) in [6, 6.07) is 4.72. The second-order valence-corrected chi connectivity index (χ2v) is 5.17. The molecule has 0 aromatic carbocycles. The summed E-state index contributed by atoms with van der Waals surface area (Å²) in [7, 11) is 2.18. The van der Waals surface area contributed by atoms with Crippen LogP contribution in [-0.2, 0) is 0 Å². The van der Waals surface area contributed by atoms with Gasteiger partial charge in [0, 0.05) is 6.04 Å². The molecule has 1 saturated heterocycles. The fraction of sp³-hybridized carbons (Fsp3) is 0.538. The standard InChI is InChI=1S/C13H19N5/c1-10-7-12-14-9-15-18(12)13(8-10)16-11-3-5-17(2)6-4-11/h7-9,11,16H,3-6H2,1-2H3. The molecule has 0 atom stereocenters. The lowest BCUT2D eigenvalue weighted by Crippen LogP contribution is -2.37. The minimum atomic E-state index is 0.537. The first-order chi connectivity index (χ1) is 8.72. The van der Waals surface area contributed by atoms with E-state index in [-0.39, 0.29) is 0 Å². The SMILES string of the molecule is Cc1cc(NC2CCN(C)CC2)n2ncnc2c1. The van der Waals surface area contributed by atoms with Gasteiger partial charge in [-0.2, -0.15) is 9.61 Å². The Kier molecular flexibility index (Phi) is 2.91. The molecule has 1 fully saturated rings. The number of aromatic nitrogens is 3. The molecule has 0 amide bonds. The predicted molar refractivity (Wildman–Crippen MR) is 71.9 cm³/mol. The highest BCUT2D eigenvalue weighted by molar-refractivity contribution is 5.51. The van der Waals surface area contributed by atoms with Gasteiger partial charge in [0.1, 0.15) is 12.1 Å². The zero-order chi connectivity index (χ0) is 12.5. The molecular weight excluding hydrogens is 226 g/mol. The van der Waals surface area contributed by atoms with Crippen LogP contribution in [0, 0.1) is 6.92 Å². The predicted octanol–water partition coefficient (Wildman–Crippen LogP) is 1.54. The van der Waals surface area contributed by atoms with Crippen LogP contribution in [0.2, 0.25) is 0 Å². The van der Waals surface area contributed by atoms with Crippen molar-refractivity contribution in [2.75, 3.05) is 25.5 Å². The molecule has 0 unspecified atom stereocenters. The molecule has 0 spiro atoms. The van der Waals surface area contributed by atoms with Gasteiger partial charge in [0.15, 0.2) is 5.65 Å². The minimum absolute atomic E-state index is 0.537. The fourth-order valence-electron chi connectivity index (χ4n) is 2.52. The molecule has 5 heteroatoms. The van der Waals surface area contributed by atoms with Crippen LogP contribution < -0.4 is 5.32 Å². The number of aryl methyl sites for hydroxylation is 1. The van der Waals surface area contributed by atoms with E-state index in [1.165, 1.54) is 18.4 Å². The van der Waals surface area contributed by atoms with Gasteiger partial charge < -0.3 is 10.2 Å². The molecule has 0 aliphatic carbocycles. The summed E-state index contributed by atoms with van der Waals surface area (Å²) in [5.74, 6) is 1.05. The first kappa shape index (κ1) is 11.5. The van der Waals surface area contributed by atoms with Gasteiger partial charge in [0.2, 0.25) is 0 Å². The molecule has 18 heavy (non-hydrogen) atoms. The van der Waals surface area contributed by atoms with E-state index < -0.39 is 0 Å². The number of hydrogen-bond donors (Lipinski definition) is 1. The fourth-order valence-corrected chi connectivity index (χ4v) is 2.52. The van der Waals surface area contributed by atoms with Crippen molar-refractivity contribution in [1.29, 1.82) is 0 Å². The van der Waals surface area contributed by atoms with Crippen LogP contribution in [0.25, 0.3) is 5.65 Å². The van der Waals surface area contributed by atoms with Crippen LogP contribution in [-0.4, -0.2) is 45.7 Å². The second kappa shape index (κ2) is 4.57. The Bertz CT molecular complexity index is 539. The van der Waals surface area contributed by atoms with Crippen LogP contribution in [0.3, 0.4) is 0 Å². The largest absolute Gasteiger partial charge is 0.367 e. The van der Waals surface area contributed by atoms with E-state index in [0.717, 1.165) is 24.6 Å². The van der Waals surface area contributed by atoms with E-state index in [1.807, 2.05) is 10.6 Å². The second-order valence-electron chi connectivity index (χ2n) is 5.17. The van der Waals surface area contributed by atoms with E-state index >= 15 is 0 Å². The zero-order valence-corrected chi connectivity index (χ0v) is 10.9. The summed E-state index contributed by atoms with van der Waals surface area (Å²) >= 11 is 0. The van der Waals surface area contributed by atoms with Gasteiger partial charge in [-0.25, -0.2) is 4.98 Å². The summed E-state index contributed by atoms with van der Waals surface area (Å²) in [6.45, 7) is 4.41. The number of piperidine rings is 1. The molecule has 96 valence electrons. The first-order valence-corrected chi connectivity index (χ1v) is 6.48. The van der Waals surface area contributed by atoms with E-state index in [4.69, 9.17) is 0 Å². The van der Waals surface area contributed by atoms with Crippen molar-refractivity contribution >= 4 is 11.5 Å². The van der Waals surface area contributed by atoms with E-state index in [9.17, 15) is 0 Å². The molecule has 0 bridgehead atoms. The summed E-state index contributed by atoms with van der Waals surface area (Å²) < 4.78 is 1.88. The van der Waals surface area contributed by atoms with Gasteiger partial charge in [0.05, 0.1) is 0 Å². The van der Waals surface area contributed by atoms with Crippen molar-refractivity contribution < 1.29 is 0 Å². The lowest BCUT2D eigenvalue weighted by atomic mass is 10.1. The van der Waals surface area contributed by atoms with Gasteiger partial charge in [-0.3, -0.25) is 0 Å². The van der Waals surface area contributed by atoms with Crippen LogP contribution in [0.1, 0.15) is 18.4 Å². The molecule has 0 radical (unpaired) electrons. The highest BCUT2D eigenvalue weighted by atomic mass is 15.3. The van der Waals surface area contributed by atoms with Gasteiger partial charge in [-0.05, 0) is 57.6 Å². The van der Waals surface area contributed by atoms with Crippen molar-refractivity contribution in [2.45, 2.75) is 25.8 Å². The molecule has 1 N–H and O–H groups in total. The van der Waals surface area contributed by atoms with Crippen molar-refractivity contribution in [3.05, 3.63) is 24.0 Å². The summed E-state index contributed by atoms with van der Waals surface area (Å²) in [6.07, 6.45) is 3.97. The van der Waals surface area contributed by atoms with Gasteiger partial charge >= 0.3 is 0 Å². The first-order valence-electron chi connectivity index (χ1n) is 6.48. The molecule has 5 nitrogen and oxygen atoms in total. The maximum Gasteiger partial charge on any atom is 0.157 e. The number of hydrogen-bond acceptors (Lipinski definition) is 4. The maximum absolute atomic E-state index is 4.27. The normalized spacial score (nSPS) is 18.3. The Balaban J connectivity index is 1.83. The van der Waals surface area contributed by atoms with Crippen molar-refractivity contribution in [3.63, 3.8) is 0 Å². The molecule has 3 heterocycles. The van der Waals surface area contributed by atoms with Crippen molar-refractivity contribution in [2.24, 2.45) is 0 Å². The number of anilines is 1. The molecule has 0 saturated carbocycles. The smallest absolute Gasteiger partial charge is 0.157 e. The summed E-state index contributed by atoms with van der Waals surface area (Å²) in [5, 5.41) is 7.88. The van der Waals surface area contributed by atoms with E-state index in [1.54, 1.807) is 6.33 Å². The third-order valence-electron chi connectivity index (χ3n) is 3.59.